The number of nitrogens with zero attached hydrogens (tertiary/aromatic N) is 1. The van der Waals surface area contributed by atoms with Crippen LogP contribution in [-0.4, -0.2) is 17.8 Å². The Balaban J connectivity index is 2.91. The van der Waals surface area contributed by atoms with Crippen molar-refractivity contribution in [2.75, 3.05) is 11.9 Å². The van der Waals surface area contributed by atoms with Gasteiger partial charge in [0.2, 0.25) is 0 Å². The Bertz CT molecular complexity index is 446. The first kappa shape index (κ1) is 14.5. The second-order valence-corrected chi connectivity index (χ2v) is 5.38. The van der Waals surface area contributed by atoms with E-state index in [1.807, 2.05) is 26.8 Å². The summed E-state index contributed by atoms with van der Waals surface area (Å²) in [6.07, 6.45) is 0.545. The molecule has 98 valence electrons. The van der Waals surface area contributed by atoms with E-state index >= 15 is 0 Å². The summed E-state index contributed by atoms with van der Waals surface area (Å²) in [5, 5.41) is 20.8. The van der Waals surface area contributed by atoms with Gasteiger partial charge in [0, 0.05) is 12.6 Å². The van der Waals surface area contributed by atoms with Crippen molar-refractivity contribution >= 4 is 5.69 Å². The summed E-state index contributed by atoms with van der Waals surface area (Å²) < 4.78 is 13.7. The molecule has 0 aliphatic carbocycles. The number of aliphatic hydroxyl groups is 1. The number of benzene rings is 1. The third-order valence-corrected chi connectivity index (χ3v) is 2.89. The van der Waals surface area contributed by atoms with Crippen LogP contribution in [0.15, 0.2) is 18.2 Å². The summed E-state index contributed by atoms with van der Waals surface area (Å²) >= 11 is 0. The fraction of sp³-hybridized carbons (Fsp3) is 0.500. The van der Waals surface area contributed by atoms with Gasteiger partial charge in [-0.15, -0.1) is 0 Å². The minimum absolute atomic E-state index is 0.0371. The van der Waals surface area contributed by atoms with Gasteiger partial charge in [-0.05, 0) is 30.0 Å². The van der Waals surface area contributed by atoms with Gasteiger partial charge in [-0.25, -0.2) is 4.39 Å². The molecule has 0 saturated carbocycles. The van der Waals surface area contributed by atoms with Crippen LogP contribution >= 0.6 is 0 Å². The molecular formula is C14H19FN2O. The maximum Gasteiger partial charge on any atom is 0.147 e. The Morgan fingerprint density at radius 2 is 2.11 bits per heavy atom. The van der Waals surface area contributed by atoms with Gasteiger partial charge in [0.15, 0.2) is 0 Å². The molecule has 0 aliphatic rings. The van der Waals surface area contributed by atoms with Crippen LogP contribution in [0.2, 0.25) is 0 Å². The Labute approximate surface area is 107 Å². The highest BCUT2D eigenvalue weighted by atomic mass is 19.1. The van der Waals surface area contributed by atoms with Crippen LogP contribution < -0.4 is 5.32 Å². The van der Waals surface area contributed by atoms with E-state index in [1.165, 1.54) is 6.07 Å². The summed E-state index contributed by atoms with van der Waals surface area (Å²) in [5.41, 5.74) is 0.568. The van der Waals surface area contributed by atoms with Crippen LogP contribution in [0.4, 0.5) is 10.1 Å². The molecule has 0 radical (unpaired) electrons. The number of rotatable bonds is 4. The Morgan fingerprint density at radius 1 is 1.44 bits per heavy atom. The zero-order valence-electron chi connectivity index (χ0n) is 11.0. The summed E-state index contributed by atoms with van der Waals surface area (Å²) in [6, 6.07) is 6.20. The van der Waals surface area contributed by atoms with Gasteiger partial charge in [0.25, 0.3) is 0 Å². The number of nitrogens with one attached hydrogen (secondary N) is 1. The first-order valence-corrected chi connectivity index (χ1v) is 5.95. The summed E-state index contributed by atoms with van der Waals surface area (Å²) in [7, 11) is 0. The highest BCUT2D eigenvalue weighted by molar-refractivity contribution is 5.49. The van der Waals surface area contributed by atoms with Crippen molar-refractivity contribution in [3.63, 3.8) is 0 Å². The molecule has 0 aromatic heterocycles. The first-order chi connectivity index (χ1) is 8.38. The van der Waals surface area contributed by atoms with Gasteiger partial charge in [0.05, 0.1) is 17.3 Å². The lowest BCUT2D eigenvalue weighted by Crippen LogP contribution is -2.35. The van der Waals surface area contributed by atoms with Gasteiger partial charge in [0.1, 0.15) is 5.82 Å². The second-order valence-electron chi connectivity index (χ2n) is 5.38. The fourth-order valence-corrected chi connectivity index (χ4v) is 1.74. The second kappa shape index (κ2) is 5.83. The number of halogens is 1. The number of hydrogen-bond donors (Lipinski definition) is 2. The van der Waals surface area contributed by atoms with Crippen LogP contribution in [0, 0.1) is 22.6 Å². The molecule has 1 aromatic rings. The molecule has 3 nitrogen and oxygen atoms in total. The lowest BCUT2D eigenvalue weighted by atomic mass is 9.84. The van der Waals surface area contributed by atoms with E-state index in [2.05, 4.69) is 5.32 Å². The molecule has 0 heterocycles. The molecule has 2 N–H and O–H groups in total. The average Bonchev–Trinajstić information content (AvgIpc) is 2.29. The topological polar surface area (TPSA) is 56.0 Å². The van der Waals surface area contributed by atoms with Gasteiger partial charge in [-0.1, -0.05) is 20.8 Å². The molecule has 0 saturated heterocycles. The van der Waals surface area contributed by atoms with Crippen LogP contribution in [0.25, 0.3) is 0 Å². The fourth-order valence-electron chi connectivity index (χ4n) is 1.74. The Hall–Kier alpha value is -1.60. The van der Waals surface area contributed by atoms with E-state index in [9.17, 15) is 4.39 Å². The monoisotopic (exact) mass is 250 g/mol. The molecule has 0 spiro atoms. The smallest absolute Gasteiger partial charge is 0.147 e. The normalized spacial score (nSPS) is 12.9. The van der Waals surface area contributed by atoms with E-state index in [0.29, 0.717) is 17.7 Å². The zero-order chi connectivity index (χ0) is 13.8. The van der Waals surface area contributed by atoms with Crippen molar-refractivity contribution in [1.82, 2.24) is 0 Å². The maximum absolute atomic E-state index is 13.7. The molecule has 18 heavy (non-hydrogen) atoms. The van der Waals surface area contributed by atoms with Gasteiger partial charge in [-0.2, -0.15) is 5.26 Å². The van der Waals surface area contributed by atoms with Crippen molar-refractivity contribution in [2.45, 2.75) is 33.2 Å². The van der Waals surface area contributed by atoms with Crippen LogP contribution in [0.5, 0.6) is 0 Å². The summed E-state index contributed by atoms with van der Waals surface area (Å²) in [5.74, 6) is -0.443. The highest BCUT2D eigenvalue weighted by Gasteiger charge is 2.24. The number of nitriles is 1. The predicted octanol–water partition coefficient (Wildman–Crippen LogP) is 2.91. The van der Waals surface area contributed by atoms with E-state index in [4.69, 9.17) is 10.4 Å². The van der Waals surface area contributed by atoms with Gasteiger partial charge in [-0.3, -0.25) is 0 Å². The number of anilines is 1. The molecule has 1 aromatic carbocycles. The molecule has 1 unspecified atom stereocenters. The summed E-state index contributed by atoms with van der Waals surface area (Å²) in [4.78, 5) is 0. The lowest BCUT2D eigenvalue weighted by Gasteiger charge is -2.32. The van der Waals surface area contributed by atoms with Crippen molar-refractivity contribution in [1.29, 1.82) is 5.26 Å². The Morgan fingerprint density at radius 3 is 2.56 bits per heavy atom. The van der Waals surface area contributed by atoms with Crippen LogP contribution in [0.3, 0.4) is 0 Å². The largest absolute Gasteiger partial charge is 0.396 e. The lowest BCUT2D eigenvalue weighted by molar-refractivity contribution is 0.235. The minimum Gasteiger partial charge on any atom is -0.396 e. The SMILES string of the molecule is CC(C)(C)C(CCO)Nc1ccc(C#N)cc1F. The molecule has 1 rings (SSSR count). The minimum atomic E-state index is -0.443. The third-order valence-electron chi connectivity index (χ3n) is 2.89. The van der Waals surface area contributed by atoms with Crippen molar-refractivity contribution in [2.24, 2.45) is 5.41 Å². The van der Waals surface area contributed by atoms with E-state index in [0.717, 1.165) is 0 Å². The predicted molar refractivity (Wildman–Crippen MR) is 69.7 cm³/mol. The molecule has 0 aliphatic heterocycles. The number of aliphatic hydroxyl groups excluding tert-OH is 1. The molecule has 1 atom stereocenters. The summed E-state index contributed by atoms with van der Waals surface area (Å²) in [6.45, 7) is 6.14. The molecule has 0 bridgehead atoms. The zero-order valence-corrected chi connectivity index (χ0v) is 11.0. The number of hydrogen-bond acceptors (Lipinski definition) is 3. The molecule has 4 heteroatoms. The van der Waals surface area contributed by atoms with Gasteiger partial charge < -0.3 is 10.4 Å². The van der Waals surface area contributed by atoms with Crippen LogP contribution in [0.1, 0.15) is 32.8 Å². The Kier molecular flexibility index (Phi) is 4.69. The first-order valence-electron chi connectivity index (χ1n) is 5.95. The molecular weight excluding hydrogens is 231 g/mol. The van der Waals surface area contributed by atoms with E-state index in [1.54, 1.807) is 12.1 Å². The van der Waals surface area contributed by atoms with Crippen molar-refractivity contribution < 1.29 is 9.50 Å². The molecule has 0 amide bonds. The van der Waals surface area contributed by atoms with E-state index < -0.39 is 5.82 Å². The van der Waals surface area contributed by atoms with E-state index in [-0.39, 0.29) is 18.1 Å². The maximum atomic E-state index is 13.7. The molecule has 0 fully saturated rings. The quantitative estimate of drug-likeness (QED) is 0.863. The third kappa shape index (κ3) is 3.71. The highest BCUT2D eigenvalue weighted by Crippen LogP contribution is 2.27. The van der Waals surface area contributed by atoms with Crippen LogP contribution in [-0.2, 0) is 0 Å². The standard InChI is InChI=1S/C14H19FN2O/c1-14(2,3)13(6-7-18)17-12-5-4-10(9-16)8-11(12)15/h4-5,8,13,17-18H,6-7H2,1-3H3. The van der Waals surface area contributed by atoms with Crippen molar-refractivity contribution in [3.05, 3.63) is 29.6 Å². The van der Waals surface area contributed by atoms with Crippen molar-refractivity contribution in [3.8, 4) is 6.07 Å². The average molecular weight is 250 g/mol. The van der Waals surface area contributed by atoms with Gasteiger partial charge >= 0.3 is 0 Å².